The largest absolute Gasteiger partial charge is 0.467 e. The van der Waals surface area contributed by atoms with Crippen molar-refractivity contribution >= 4 is 69.9 Å². The van der Waals surface area contributed by atoms with Crippen molar-refractivity contribution in [3.63, 3.8) is 0 Å². The Labute approximate surface area is 377 Å². The van der Waals surface area contributed by atoms with Crippen LogP contribution in [-0.2, 0) is 43.4 Å². The predicted molar refractivity (Wildman–Crippen MR) is 232 cm³/mol. The second kappa shape index (κ2) is 22.3. The molecule has 2 atom stereocenters. The molecule has 1 saturated heterocycles. The van der Waals surface area contributed by atoms with Gasteiger partial charge in [0, 0.05) is 20.2 Å². The van der Waals surface area contributed by atoms with Gasteiger partial charge in [0.05, 0.1) is 53.5 Å². The molecule has 62 heavy (non-hydrogen) atoms. The number of para-hydroxylation sites is 1. The van der Waals surface area contributed by atoms with Crippen LogP contribution >= 0.6 is 46.4 Å². The summed E-state index contributed by atoms with van der Waals surface area (Å²) in [6.45, 7) is 13.8. The Morgan fingerprint density at radius 2 is 1.69 bits per heavy atom. The predicted octanol–water partition coefficient (Wildman–Crippen LogP) is 8.66. The number of carbonyl (C=O) groups excluding carboxylic acids is 3. The normalized spacial score (nSPS) is 15.1. The Hall–Kier alpha value is -4.32. The van der Waals surface area contributed by atoms with Gasteiger partial charge in [-0.15, -0.1) is 11.6 Å². The van der Waals surface area contributed by atoms with Gasteiger partial charge in [0.15, 0.2) is 4.84 Å². The van der Waals surface area contributed by atoms with E-state index in [2.05, 4.69) is 13.0 Å². The van der Waals surface area contributed by atoms with Crippen molar-refractivity contribution in [1.29, 1.82) is 0 Å². The zero-order valence-electron chi connectivity index (χ0n) is 35.5. The lowest BCUT2D eigenvalue weighted by atomic mass is 10.0. The number of rotatable bonds is 11. The van der Waals surface area contributed by atoms with E-state index in [-0.39, 0.29) is 46.1 Å². The lowest BCUT2D eigenvalue weighted by Crippen LogP contribution is -2.45. The number of anilines is 1. The Morgan fingerprint density at radius 1 is 1.03 bits per heavy atom. The maximum Gasteiger partial charge on any atom is 0.431 e. The minimum absolute atomic E-state index is 0.0104. The summed E-state index contributed by atoms with van der Waals surface area (Å²) in [5.41, 5.74) is -1.53. The summed E-state index contributed by atoms with van der Waals surface area (Å²) >= 11 is 22.9. The highest BCUT2D eigenvalue weighted by atomic mass is 35.5. The van der Waals surface area contributed by atoms with E-state index in [9.17, 15) is 37.1 Å². The molecule has 340 valence electrons. The second-order valence-electron chi connectivity index (χ2n) is 14.6. The molecule has 2 aromatic carbocycles. The van der Waals surface area contributed by atoms with Crippen LogP contribution in [0.2, 0.25) is 5.02 Å². The van der Waals surface area contributed by atoms with Crippen LogP contribution in [0.25, 0.3) is 5.69 Å². The van der Waals surface area contributed by atoms with Gasteiger partial charge in [-0.25, -0.2) is 14.2 Å². The molecule has 20 heteroatoms. The third-order valence-electron chi connectivity index (χ3n) is 9.30. The number of furan rings is 1. The topological polar surface area (TPSA) is 143 Å². The molecule has 5 rings (SSSR count). The van der Waals surface area contributed by atoms with E-state index < -0.39 is 45.8 Å². The van der Waals surface area contributed by atoms with Crippen molar-refractivity contribution < 1.29 is 46.2 Å². The first-order valence-corrected chi connectivity index (χ1v) is 20.9. The van der Waals surface area contributed by atoms with Crippen molar-refractivity contribution in [3.05, 3.63) is 115 Å². The number of esters is 1. The number of halogens is 7. The monoisotopic (exact) mass is 950 g/mol. The first-order chi connectivity index (χ1) is 28.9. The molecule has 0 spiro atoms. The highest BCUT2D eigenvalue weighted by Gasteiger charge is 2.45. The summed E-state index contributed by atoms with van der Waals surface area (Å²) in [4.78, 5) is 62.7. The molecule has 1 aliphatic rings. The SMILES string of the molecule is CC(C)OC(=O)c1cc(-n2c(=O)cc(C(F)(F)F)n(C)c2=O)ccc1Cl.CC1(C)OC(c2ccco2)CN1C(=O)C(Cl)Cl.CCc1cccc(C)c1N(C(=O)CCl)C(C)COC. The summed E-state index contributed by atoms with van der Waals surface area (Å²) in [6, 6.07) is 13.5. The molecular formula is C42H49Cl4F3N4O9. The molecule has 1 fully saturated rings. The highest BCUT2D eigenvalue weighted by Crippen LogP contribution is 2.37. The third-order valence-corrected chi connectivity index (χ3v) is 10.2. The fourth-order valence-electron chi connectivity index (χ4n) is 6.47. The summed E-state index contributed by atoms with van der Waals surface area (Å²) in [6.07, 6.45) is -3.14. The van der Waals surface area contributed by atoms with E-state index in [0.717, 1.165) is 36.3 Å². The number of amides is 2. The van der Waals surface area contributed by atoms with Gasteiger partial charge in [-0.3, -0.25) is 19.0 Å². The van der Waals surface area contributed by atoms with Gasteiger partial charge in [-0.1, -0.05) is 59.9 Å². The van der Waals surface area contributed by atoms with Crippen LogP contribution in [0.1, 0.15) is 80.6 Å². The van der Waals surface area contributed by atoms with Crippen LogP contribution in [0, 0.1) is 6.92 Å². The number of aromatic nitrogens is 2. The van der Waals surface area contributed by atoms with Crippen molar-refractivity contribution in [1.82, 2.24) is 14.0 Å². The van der Waals surface area contributed by atoms with Crippen LogP contribution in [0.5, 0.6) is 0 Å². The first-order valence-electron chi connectivity index (χ1n) is 19.1. The maximum absolute atomic E-state index is 12.9. The van der Waals surface area contributed by atoms with E-state index in [1.54, 1.807) is 52.0 Å². The van der Waals surface area contributed by atoms with Gasteiger partial charge < -0.3 is 28.4 Å². The van der Waals surface area contributed by atoms with E-state index in [0.29, 0.717) is 34.1 Å². The standard InChI is InChI=1S/C16H14ClF3N2O4.C15H22ClNO2.C11H13Cl2NO3/c1-8(2)26-14(24)10-6-9(4-5-11(10)17)22-13(23)7-12(16(18,19)20)21(3)15(22)25;1-5-13-8-6-7-11(2)15(13)17(14(18)9-16)12(3)10-19-4;1-11(2)14(10(15)9(12)13)6-8(17-11)7-4-3-5-16-7/h4-8H,1-3H3;6-8,12H,5,9-10H2,1-4H3;3-5,8-9H,6H2,1-2H3. The highest BCUT2D eigenvalue weighted by molar-refractivity contribution is 6.53. The zero-order chi connectivity index (χ0) is 46.9. The molecule has 2 amide bonds. The number of hydrogen-bond acceptors (Lipinski definition) is 9. The molecule has 2 aromatic heterocycles. The summed E-state index contributed by atoms with van der Waals surface area (Å²) < 4.78 is 60.8. The molecule has 13 nitrogen and oxygen atoms in total. The first kappa shape index (κ1) is 52.0. The molecule has 4 aromatic rings. The number of aryl methyl sites for hydroxylation is 2. The van der Waals surface area contributed by atoms with Crippen LogP contribution in [0.15, 0.2) is 74.9 Å². The number of hydrogen-bond donors (Lipinski definition) is 0. The molecule has 2 unspecified atom stereocenters. The molecule has 0 aliphatic carbocycles. The fourth-order valence-corrected chi connectivity index (χ4v) is 7.03. The lowest BCUT2D eigenvalue weighted by molar-refractivity contribution is -0.145. The Bertz CT molecular complexity index is 2300. The average molecular weight is 953 g/mol. The quantitative estimate of drug-likeness (QED) is 0.107. The van der Waals surface area contributed by atoms with E-state index in [1.807, 2.05) is 32.0 Å². The smallest absolute Gasteiger partial charge is 0.431 e. The van der Waals surface area contributed by atoms with E-state index in [1.165, 1.54) is 17.0 Å². The minimum atomic E-state index is -4.86. The lowest BCUT2D eigenvalue weighted by Gasteiger charge is -2.31. The van der Waals surface area contributed by atoms with Gasteiger partial charge in [0.1, 0.15) is 29.2 Å². The van der Waals surface area contributed by atoms with Crippen LogP contribution in [0.3, 0.4) is 0 Å². The number of nitrogens with zero attached hydrogens (tertiary/aromatic N) is 4. The maximum atomic E-state index is 12.9. The van der Waals surface area contributed by atoms with Crippen molar-refractivity contribution in [2.45, 2.75) is 89.9 Å². The van der Waals surface area contributed by atoms with E-state index >= 15 is 0 Å². The van der Waals surface area contributed by atoms with Crippen molar-refractivity contribution in [2.75, 3.05) is 31.0 Å². The van der Waals surface area contributed by atoms with Crippen molar-refractivity contribution in [3.8, 4) is 5.69 Å². The van der Waals surface area contributed by atoms with Crippen LogP contribution < -0.4 is 16.1 Å². The van der Waals surface area contributed by atoms with E-state index in [4.69, 9.17) is 65.0 Å². The van der Waals surface area contributed by atoms with Crippen LogP contribution in [0.4, 0.5) is 18.9 Å². The molecule has 0 N–H and O–H groups in total. The Balaban J connectivity index is 0.000000255. The Kier molecular flexibility index (Phi) is 18.8. The molecule has 0 saturated carbocycles. The summed E-state index contributed by atoms with van der Waals surface area (Å²) in [5.74, 6) is -0.564. The molecular weight excluding hydrogens is 903 g/mol. The average Bonchev–Trinajstić information content (AvgIpc) is 3.84. The fraction of sp³-hybridized carbons (Fsp3) is 0.452. The molecule has 3 heterocycles. The van der Waals surface area contributed by atoms with Crippen molar-refractivity contribution in [2.24, 2.45) is 7.05 Å². The van der Waals surface area contributed by atoms with Gasteiger partial charge >= 0.3 is 17.8 Å². The Morgan fingerprint density at radius 3 is 2.23 bits per heavy atom. The van der Waals surface area contributed by atoms with Gasteiger partial charge in [0.25, 0.3) is 11.5 Å². The summed E-state index contributed by atoms with van der Waals surface area (Å²) in [5, 5.41) is 0.0104. The van der Waals surface area contributed by atoms with Gasteiger partial charge in [0.2, 0.25) is 5.91 Å². The molecule has 1 aliphatic heterocycles. The van der Waals surface area contributed by atoms with Gasteiger partial charge in [-0.05, 0) is 89.4 Å². The van der Waals surface area contributed by atoms with Gasteiger partial charge in [-0.2, -0.15) is 13.2 Å². The second-order valence-corrected chi connectivity index (χ2v) is 16.4. The molecule has 0 bridgehead atoms. The number of methoxy groups -OCH3 is 1. The zero-order valence-corrected chi connectivity index (χ0v) is 38.5. The number of carbonyl (C=O) groups is 3. The number of alkyl halides is 6. The van der Waals surface area contributed by atoms with Crippen LogP contribution in [-0.4, -0.2) is 80.7 Å². The minimum Gasteiger partial charge on any atom is -0.467 e. The molecule has 0 radical (unpaired) electrons. The number of benzene rings is 2. The number of ether oxygens (including phenoxy) is 3. The summed E-state index contributed by atoms with van der Waals surface area (Å²) in [7, 11) is 2.53. The third kappa shape index (κ3) is 12.9.